The van der Waals surface area contributed by atoms with E-state index in [9.17, 15) is 9.59 Å². The molecule has 156 valence electrons. The number of amides is 3. The number of aromatic nitrogens is 2. The lowest BCUT2D eigenvalue weighted by molar-refractivity contribution is -0.124. The van der Waals surface area contributed by atoms with Crippen LogP contribution in [0.15, 0.2) is 66.9 Å². The SMILES string of the molecule is CC(C)C(NC(N)=O)C(=O)NCc1cn(Cc2ccccc2)nc1-c1ccccc1. The van der Waals surface area contributed by atoms with Gasteiger partial charge in [0.15, 0.2) is 0 Å². The first-order valence-corrected chi connectivity index (χ1v) is 9.93. The summed E-state index contributed by atoms with van der Waals surface area (Å²) < 4.78 is 1.88. The van der Waals surface area contributed by atoms with Crippen molar-refractivity contribution in [3.05, 3.63) is 78.0 Å². The van der Waals surface area contributed by atoms with Crippen LogP contribution in [-0.2, 0) is 17.9 Å². The van der Waals surface area contributed by atoms with Crippen LogP contribution in [0.3, 0.4) is 0 Å². The molecule has 0 saturated heterocycles. The van der Waals surface area contributed by atoms with Gasteiger partial charge in [0.05, 0.1) is 12.2 Å². The van der Waals surface area contributed by atoms with Crippen LogP contribution in [0.2, 0.25) is 0 Å². The molecule has 1 unspecified atom stereocenters. The molecule has 4 N–H and O–H groups in total. The van der Waals surface area contributed by atoms with E-state index in [1.807, 2.05) is 85.4 Å². The standard InChI is InChI=1S/C23H27N5O2/c1-16(2)20(26-23(24)30)22(29)25-13-19-15-28(14-17-9-5-3-6-10-17)27-21(19)18-11-7-4-8-12-18/h3-12,15-16,20H,13-14H2,1-2H3,(H,25,29)(H3,24,26,30). The summed E-state index contributed by atoms with van der Waals surface area (Å²) in [6, 6.07) is 18.5. The van der Waals surface area contributed by atoms with Crippen molar-refractivity contribution in [2.75, 3.05) is 0 Å². The highest BCUT2D eigenvalue weighted by molar-refractivity contribution is 5.86. The molecule has 1 aromatic heterocycles. The van der Waals surface area contributed by atoms with Crippen molar-refractivity contribution in [2.45, 2.75) is 33.0 Å². The van der Waals surface area contributed by atoms with Gasteiger partial charge < -0.3 is 16.4 Å². The summed E-state index contributed by atoms with van der Waals surface area (Å²) in [6.07, 6.45) is 1.95. The van der Waals surface area contributed by atoms with Gasteiger partial charge in [-0.05, 0) is 11.5 Å². The molecule has 30 heavy (non-hydrogen) atoms. The minimum Gasteiger partial charge on any atom is -0.352 e. The number of hydrogen-bond acceptors (Lipinski definition) is 3. The molecular weight excluding hydrogens is 378 g/mol. The molecule has 3 aromatic rings. The van der Waals surface area contributed by atoms with Gasteiger partial charge in [-0.15, -0.1) is 0 Å². The minimum atomic E-state index is -0.718. The Kier molecular flexibility index (Phi) is 6.85. The van der Waals surface area contributed by atoms with Gasteiger partial charge in [-0.2, -0.15) is 5.10 Å². The number of nitrogens with two attached hydrogens (primary N) is 1. The van der Waals surface area contributed by atoms with Gasteiger partial charge in [-0.1, -0.05) is 74.5 Å². The Hall–Kier alpha value is -3.61. The lowest BCUT2D eigenvalue weighted by Gasteiger charge is -2.20. The second-order valence-corrected chi connectivity index (χ2v) is 7.50. The number of primary amides is 1. The molecule has 7 heteroatoms. The Morgan fingerprint density at radius 3 is 2.27 bits per heavy atom. The Morgan fingerprint density at radius 2 is 1.67 bits per heavy atom. The first-order chi connectivity index (χ1) is 14.4. The zero-order chi connectivity index (χ0) is 21.5. The van der Waals surface area contributed by atoms with Gasteiger partial charge in [0.2, 0.25) is 5.91 Å². The fourth-order valence-electron chi connectivity index (χ4n) is 3.26. The highest BCUT2D eigenvalue weighted by Crippen LogP contribution is 2.22. The molecule has 1 atom stereocenters. The van der Waals surface area contributed by atoms with Crippen LogP contribution in [0.4, 0.5) is 4.79 Å². The maximum Gasteiger partial charge on any atom is 0.312 e. The monoisotopic (exact) mass is 405 g/mol. The molecule has 0 aliphatic carbocycles. The normalized spacial score (nSPS) is 11.8. The average Bonchev–Trinajstić information content (AvgIpc) is 3.14. The van der Waals surface area contributed by atoms with E-state index in [-0.39, 0.29) is 11.8 Å². The number of carbonyl (C=O) groups is 2. The van der Waals surface area contributed by atoms with Crippen molar-refractivity contribution in [1.82, 2.24) is 20.4 Å². The molecule has 0 saturated carbocycles. The zero-order valence-corrected chi connectivity index (χ0v) is 17.2. The quantitative estimate of drug-likeness (QED) is 0.537. The van der Waals surface area contributed by atoms with Crippen LogP contribution in [-0.4, -0.2) is 27.8 Å². The summed E-state index contributed by atoms with van der Waals surface area (Å²) in [5.41, 5.74) is 9.04. The summed E-state index contributed by atoms with van der Waals surface area (Å²) in [5.74, 6) is -0.370. The molecular formula is C23H27N5O2. The van der Waals surface area contributed by atoms with Crippen LogP contribution in [0.5, 0.6) is 0 Å². The number of rotatable bonds is 8. The summed E-state index contributed by atoms with van der Waals surface area (Å²) in [7, 11) is 0. The lowest BCUT2D eigenvalue weighted by Crippen LogP contribution is -2.51. The smallest absolute Gasteiger partial charge is 0.312 e. The van der Waals surface area contributed by atoms with Gasteiger partial charge in [-0.25, -0.2) is 4.79 Å². The number of hydrogen-bond donors (Lipinski definition) is 3. The van der Waals surface area contributed by atoms with Gasteiger partial charge in [0.1, 0.15) is 6.04 Å². The number of benzene rings is 2. The van der Waals surface area contributed by atoms with E-state index in [0.717, 1.165) is 22.4 Å². The molecule has 1 heterocycles. The molecule has 0 spiro atoms. The third-order valence-corrected chi connectivity index (χ3v) is 4.77. The molecule has 7 nitrogen and oxygen atoms in total. The molecule has 3 rings (SSSR count). The first-order valence-electron chi connectivity index (χ1n) is 9.93. The summed E-state index contributed by atoms with van der Waals surface area (Å²) >= 11 is 0. The molecule has 3 amide bonds. The molecule has 0 bridgehead atoms. The Labute approximate surface area is 176 Å². The first kappa shape index (κ1) is 21.1. The Morgan fingerprint density at radius 1 is 1.03 bits per heavy atom. The maximum atomic E-state index is 12.6. The number of nitrogens with zero attached hydrogens (tertiary/aromatic N) is 2. The highest BCUT2D eigenvalue weighted by atomic mass is 16.2. The predicted molar refractivity (Wildman–Crippen MR) is 116 cm³/mol. The summed E-state index contributed by atoms with van der Waals surface area (Å²) in [5, 5.41) is 10.2. The van der Waals surface area contributed by atoms with Crippen molar-refractivity contribution >= 4 is 11.9 Å². The van der Waals surface area contributed by atoms with Crippen molar-refractivity contribution in [3.63, 3.8) is 0 Å². The molecule has 0 fully saturated rings. The van der Waals surface area contributed by atoms with E-state index in [4.69, 9.17) is 10.8 Å². The summed E-state index contributed by atoms with van der Waals surface area (Å²) in [4.78, 5) is 23.9. The molecule has 2 aromatic carbocycles. The molecule has 0 aliphatic rings. The van der Waals surface area contributed by atoms with E-state index < -0.39 is 12.1 Å². The molecule has 0 radical (unpaired) electrons. The van der Waals surface area contributed by atoms with Gasteiger partial charge in [-0.3, -0.25) is 9.48 Å². The fraction of sp³-hybridized carbons (Fsp3) is 0.261. The van der Waals surface area contributed by atoms with Crippen molar-refractivity contribution in [1.29, 1.82) is 0 Å². The number of carbonyl (C=O) groups excluding carboxylic acids is 2. The highest BCUT2D eigenvalue weighted by Gasteiger charge is 2.23. The third kappa shape index (κ3) is 5.47. The number of urea groups is 1. The van der Waals surface area contributed by atoms with Crippen molar-refractivity contribution in [2.24, 2.45) is 11.7 Å². The lowest BCUT2D eigenvalue weighted by atomic mass is 10.0. The second kappa shape index (κ2) is 9.73. The topological polar surface area (TPSA) is 102 Å². The van der Waals surface area contributed by atoms with Crippen LogP contribution in [0.1, 0.15) is 25.0 Å². The van der Waals surface area contributed by atoms with E-state index >= 15 is 0 Å². The zero-order valence-electron chi connectivity index (χ0n) is 17.2. The van der Waals surface area contributed by atoms with Crippen LogP contribution in [0, 0.1) is 5.92 Å². The van der Waals surface area contributed by atoms with Gasteiger partial charge in [0.25, 0.3) is 0 Å². The maximum absolute atomic E-state index is 12.6. The van der Waals surface area contributed by atoms with E-state index in [1.165, 1.54) is 0 Å². The summed E-state index contributed by atoms with van der Waals surface area (Å²) in [6.45, 7) is 4.63. The Balaban J connectivity index is 1.81. The second-order valence-electron chi connectivity index (χ2n) is 7.50. The molecule has 0 aliphatic heterocycles. The van der Waals surface area contributed by atoms with E-state index in [2.05, 4.69) is 10.6 Å². The van der Waals surface area contributed by atoms with Crippen molar-refractivity contribution in [3.8, 4) is 11.3 Å². The van der Waals surface area contributed by atoms with E-state index in [0.29, 0.717) is 13.1 Å². The fourth-order valence-corrected chi connectivity index (χ4v) is 3.26. The predicted octanol–water partition coefficient (Wildman–Crippen LogP) is 2.91. The van der Waals surface area contributed by atoms with Crippen LogP contribution < -0.4 is 16.4 Å². The minimum absolute atomic E-state index is 0.0908. The third-order valence-electron chi connectivity index (χ3n) is 4.77. The largest absolute Gasteiger partial charge is 0.352 e. The number of nitrogens with one attached hydrogen (secondary N) is 2. The van der Waals surface area contributed by atoms with Gasteiger partial charge in [0, 0.05) is 23.9 Å². The van der Waals surface area contributed by atoms with Gasteiger partial charge >= 0.3 is 6.03 Å². The van der Waals surface area contributed by atoms with Crippen molar-refractivity contribution < 1.29 is 9.59 Å². The van der Waals surface area contributed by atoms with Crippen LogP contribution >= 0.6 is 0 Å². The Bertz CT molecular complexity index is 983. The van der Waals surface area contributed by atoms with Crippen LogP contribution in [0.25, 0.3) is 11.3 Å². The van der Waals surface area contributed by atoms with E-state index in [1.54, 1.807) is 0 Å². The average molecular weight is 406 g/mol.